The number of rotatable bonds is 7. The Kier molecular flexibility index (Phi) is 6.37. The van der Waals surface area contributed by atoms with Gasteiger partial charge in [-0.2, -0.15) is 0 Å². The lowest BCUT2D eigenvalue weighted by Gasteiger charge is -2.19. The quantitative estimate of drug-likeness (QED) is 0.783. The number of anilines is 2. The number of hydrogen-bond donors (Lipinski definition) is 2. The summed E-state index contributed by atoms with van der Waals surface area (Å²) in [6.07, 6.45) is 0. The van der Waals surface area contributed by atoms with Crippen LogP contribution in [0.2, 0.25) is 0 Å². The minimum Gasteiger partial charge on any atom is -0.383 e. The van der Waals surface area contributed by atoms with Crippen LogP contribution in [-0.4, -0.2) is 23.1 Å². The molecule has 0 saturated carbocycles. The van der Waals surface area contributed by atoms with Crippen molar-refractivity contribution in [2.24, 2.45) is 0 Å². The van der Waals surface area contributed by atoms with Gasteiger partial charge in [-0.3, -0.25) is 0 Å². The number of aromatic nitrogens is 2. The average molecular weight is 342 g/mol. The predicted molar refractivity (Wildman–Crippen MR) is 104 cm³/mol. The van der Waals surface area contributed by atoms with Crippen LogP contribution >= 0.6 is 0 Å². The Morgan fingerprint density at radius 2 is 1.88 bits per heavy atom. The molecule has 0 fully saturated rings. The molecule has 0 bridgehead atoms. The van der Waals surface area contributed by atoms with Crippen LogP contribution in [0.1, 0.15) is 51.7 Å². The molecule has 1 aromatic carbocycles. The van der Waals surface area contributed by atoms with Crippen molar-refractivity contribution in [2.75, 3.05) is 17.7 Å². The van der Waals surface area contributed by atoms with Crippen LogP contribution in [0, 0.1) is 0 Å². The van der Waals surface area contributed by atoms with Gasteiger partial charge in [-0.15, -0.1) is 0 Å². The Bertz CT molecular complexity index is 692. The molecule has 0 radical (unpaired) electrons. The van der Waals surface area contributed by atoms with E-state index in [1.165, 1.54) is 5.56 Å². The third kappa shape index (κ3) is 6.02. The lowest BCUT2D eigenvalue weighted by Crippen LogP contribution is -2.18. The third-order valence-corrected chi connectivity index (χ3v) is 3.60. The zero-order chi connectivity index (χ0) is 18.4. The van der Waals surface area contributed by atoms with Crippen LogP contribution in [0.3, 0.4) is 0 Å². The van der Waals surface area contributed by atoms with Crippen molar-refractivity contribution in [3.63, 3.8) is 0 Å². The van der Waals surface area contributed by atoms with Crippen LogP contribution in [0.15, 0.2) is 30.3 Å². The van der Waals surface area contributed by atoms with Crippen molar-refractivity contribution in [2.45, 2.75) is 59.2 Å². The monoisotopic (exact) mass is 342 g/mol. The summed E-state index contributed by atoms with van der Waals surface area (Å²) in [6.45, 7) is 11.8. The number of benzene rings is 1. The Balaban J connectivity index is 2.15. The third-order valence-electron chi connectivity index (χ3n) is 3.60. The van der Waals surface area contributed by atoms with Gasteiger partial charge in [0, 0.05) is 36.9 Å². The first-order chi connectivity index (χ1) is 11.8. The van der Waals surface area contributed by atoms with Gasteiger partial charge in [0.2, 0.25) is 0 Å². The second-order valence-electron chi connectivity index (χ2n) is 7.60. The summed E-state index contributed by atoms with van der Waals surface area (Å²) in [6, 6.07) is 10.8. The summed E-state index contributed by atoms with van der Waals surface area (Å²) >= 11 is 0. The Labute approximate surface area is 151 Å². The molecule has 2 N–H and O–H groups in total. The summed E-state index contributed by atoms with van der Waals surface area (Å²) < 4.78 is 5.24. The summed E-state index contributed by atoms with van der Waals surface area (Å²) in [5.41, 5.74) is 3.11. The van der Waals surface area contributed by atoms with Crippen molar-refractivity contribution in [3.8, 4) is 0 Å². The molecule has 0 spiro atoms. The highest BCUT2D eigenvalue weighted by molar-refractivity contribution is 5.47. The maximum Gasteiger partial charge on any atom is 0.136 e. The van der Waals surface area contributed by atoms with Crippen molar-refractivity contribution in [1.29, 1.82) is 0 Å². The summed E-state index contributed by atoms with van der Waals surface area (Å²) in [5.74, 6) is 1.65. The highest BCUT2D eigenvalue weighted by Gasteiger charge is 2.19. The van der Waals surface area contributed by atoms with Gasteiger partial charge in [0.05, 0.1) is 12.3 Å². The smallest absolute Gasteiger partial charge is 0.136 e. The lowest BCUT2D eigenvalue weighted by molar-refractivity contribution is 0.181. The fourth-order valence-electron chi connectivity index (χ4n) is 2.44. The average Bonchev–Trinajstić information content (AvgIpc) is 2.52. The summed E-state index contributed by atoms with van der Waals surface area (Å²) in [5, 5.41) is 6.85. The Hall–Kier alpha value is -2.14. The standard InChI is InChI=1S/C20H30N4O/c1-14(2)22-16-9-7-8-15(10-16)12-21-18-11-17(13-25-6)23-19(24-18)20(3,4)5/h7-11,14,22H,12-13H2,1-6H3,(H,21,23,24). The van der Waals surface area contributed by atoms with Crippen LogP contribution < -0.4 is 10.6 Å². The maximum absolute atomic E-state index is 5.24. The van der Waals surface area contributed by atoms with Gasteiger partial charge in [-0.05, 0) is 31.5 Å². The molecule has 1 heterocycles. The molecule has 25 heavy (non-hydrogen) atoms. The molecule has 0 amide bonds. The molecule has 0 saturated heterocycles. The van der Waals surface area contributed by atoms with Crippen molar-refractivity contribution in [3.05, 3.63) is 47.4 Å². The van der Waals surface area contributed by atoms with Crippen LogP contribution in [0.4, 0.5) is 11.5 Å². The molecule has 136 valence electrons. The molecule has 5 nitrogen and oxygen atoms in total. The van der Waals surface area contributed by atoms with Crippen LogP contribution in [0.25, 0.3) is 0 Å². The Morgan fingerprint density at radius 3 is 2.52 bits per heavy atom. The van der Waals surface area contributed by atoms with Gasteiger partial charge in [-0.1, -0.05) is 32.9 Å². The van der Waals surface area contributed by atoms with Gasteiger partial charge in [0.25, 0.3) is 0 Å². The minimum absolute atomic E-state index is 0.110. The molecule has 0 unspecified atom stereocenters. The first-order valence-electron chi connectivity index (χ1n) is 8.74. The van der Waals surface area contributed by atoms with Crippen molar-refractivity contribution < 1.29 is 4.74 Å². The second kappa shape index (κ2) is 8.30. The van der Waals surface area contributed by atoms with E-state index in [1.807, 2.05) is 6.07 Å². The van der Waals surface area contributed by atoms with E-state index in [4.69, 9.17) is 4.74 Å². The van der Waals surface area contributed by atoms with Crippen molar-refractivity contribution >= 4 is 11.5 Å². The van der Waals surface area contributed by atoms with E-state index in [9.17, 15) is 0 Å². The number of ether oxygens (including phenoxy) is 1. The molecule has 2 rings (SSSR count). The second-order valence-corrected chi connectivity index (χ2v) is 7.60. The van der Waals surface area contributed by atoms with E-state index in [1.54, 1.807) is 7.11 Å². The fourth-order valence-corrected chi connectivity index (χ4v) is 2.44. The molecule has 5 heteroatoms. The fraction of sp³-hybridized carbons (Fsp3) is 0.500. The molecule has 0 aliphatic carbocycles. The normalized spacial score (nSPS) is 11.6. The first kappa shape index (κ1) is 19.2. The molecule has 0 atom stereocenters. The minimum atomic E-state index is -0.110. The lowest BCUT2D eigenvalue weighted by atomic mass is 9.95. The molecule has 0 aliphatic rings. The van der Waals surface area contributed by atoms with Crippen molar-refractivity contribution in [1.82, 2.24) is 9.97 Å². The zero-order valence-corrected chi connectivity index (χ0v) is 16.2. The highest BCUT2D eigenvalue weighted by Crippen LogP contribution is 2.21. The van der Waals surface area contributed by atoms with E-state index >= 15 is 0 Å². The van der Waals surface area contributed by atoms with E-state index < -0.39 is 0 Å². The molecular weight excluding hydrogens is 312 g/mol. The first-order valence-corrected chi connectivity index (χ1v) is 8.74. The summed E-state index contributed by atoms with van der Waals surface area (Å²) in [4.78, 5) is 9.29. The maximum atomic E-state index is 5.24. The largest absolute Gasteiger partial charge is 0.383 e. The number of nitrogens with zero attached hydrogens (tertiary/aromatic N) is 2. The van der Waals surface area contributed by atoms with Gasteiger partial charge in [0.15, 0.2) is 0 Å². The SMILES string of the molecule is COCc1cc(NCc2cccc(NC(C)C)c2)nc(C(C)(C)C)n1. The van der Waals surface area contributed by atoms with E-state index in [0.717, 1.165) is 23.0 Å². The predicted octanol–water partition coefficient (Wildman–Crippen LogP) is 4.35. The zero-order valence-electron chi connectivity index (χ0n) is 16.2. The topological polar surface area (TPSA) is 59.1 Å². The van der Waals surface area contributed by atoms with E-state index in [2.05, 4.69) is 79.5 Å². The number of methoxy groups -OCH3 is 1. The van der Waals surface area contributed by atoms with E-state index in [-0.39, 0.29) is 5.41 Å². The molecular formula is C20H30N4O. The molecule has 1 aromatic heterocycles. The Morgan fingerprint density at radius 1 is 1.12 bits per heavy atom. The van der Waals surface area contributed by atoms with E-state index in [0.29, 0.717) is 19.2 Å². The van der Waals surface area contributed by atoms with Crippen LogP contribution in [-0.2, 0) is 23.3 Å². The summed E-state index contributed by atoms with van der Waals surface area (Å²) in [7, 11) is 1.68. The van der Waals surface area contributed by atoms with Gasteiger partial charge in [-0.25, -0.2) is 9.97 Å². The highest BCUT2D eigenvalue weighted by atomic mass is 16.5. The van der Waals surface area contributed by atoms with Gasteiger partial charge in [0.1, 0.15) is 11.6 Å². The van der Waals surface area contributed by atoms with Gasteiger partial charge >= 0.3 is 0 Å². The molecule has 0 aliphatic heterocycles. The van der Waals surface area contributed by atoms with Crippen LogP contribution in [0.5, 0.6) is 0 Å². The van der Waals surface area contributed by atoms with Gasteiger partial charge < -0.3 is 15.4 Å². The number of nitrogens with one attached hydrogen (secondary N) is 2. The number of hydrogen-bond acceptors (Lipinski definition) is 5. The molecule has 2 aromatic rings.